The number of nitrogens with zero attached hydrogens (tertiary/aromatic N) is 2. The number of para-hydroxylation sites is 1. The summed E-state index contributed by atoms with van der Waals surface area (Å²) < 4.78 is 30.4. The number of rotatable bonds is 4. The molecular formula is C16H15N3O3S. The number of aromatic nitrogens is 2. The van der Waals surface area contributed by atoms with Gasteiger partial charge in [-0.05, 0) is 12.1 Å². The monoisotopic (exact) mass is 329 g/mol. The van der Waals surface area contributed by atoms with Crippen molar-refractivity contribution >= 4 is 10.0 Å². The number of nitrogens with two attached hydrogens (primary N) is 1. The highest BCUT2D eigenvalue weighted by molar-refractivity contribution is 7.89. The van der Waals surface area contributed by atoms with Gasteiger partial charge in [0.2, 0.25) is 15.9 Å². The maximum atomic E-state index is 11.9. The predicted octanol–water partition coefficient (Wildman–Crippen LogP) is 2.20. The Hall–Kier alpha value is -2.64. The van der Waals surface area contributed by atoms with Gasteiger partial charge in [-0.25, -0.2) is 18.2 Å². The van der Waals surface area contributed by atoms with Gasteiger partial charge in [-0.15, -0.1) is 5.10 Å². The molecular weight excluding hydrogens is 314 g/mol. The Morgan fingerprint density at radius 2 is 1.70 bits per heavy atom. The smallest absolute Gasteiger partial charge is 0.240 e. The third-order valence-electron chi connectivity index (χ3n) is 3.37. The van der Waals surface area contributed by atoms with Crippen LogP contribution >= 0.6 is 0 Å². The van der Waals surface area contributed by atoms with E-state index in [0.717, 1.165) is 5.56 Å². The molecule has 118 valence electrons. The molecule has 0 radical (unpaired) electrons. The molecule has 2 N–H and O–H groups in total. The van der Waals surface area contributed by atoms with Crippen LogP contribution in [0.3, 0.4) is 0 Å². The standard InChI is InChI=1S/C16H15N3O3S/c1-22-16-11-14(12-7-3-2-4-8-12)19(18-16)13-9-5-6-10-15(13)23(17,20)21/h2-11H,1H3,(H2,17,20,21). The van der Waals surface area contributed by atoms with Gasteiger partial charge < -0.3 is 4.74 Å². The summed E-state index contributed by atoms with van der Waals surface area (Å²) >= 11 is 0. The summed E-state index contributed by atoms with van der Waals surface area (Å²) in [5, 5.41) is 9.65. The molecule has 0 aliphatic rings. The van der Waals surface area contributed by atoms with Gasteiger partial charge in [0.25, 0.3) is 0 Å². The molecule has 0 atom stereocenters. The van der Waals surface area contributed by atoms with E-state index in [9.17, 15) is 8.42 Å². The molecule has 0 saturated carbocycles. The molecule has 1 aromatic heterocycles. The summed E-state index contributed by atoms with van der Waals surface area (Å²) in [6.45, 7) is 0. The first-order valence-corrected chi connectivity index (χ1v) is 8.37. The van der Waals surface area contributed by atoms with Gasteiger partial charge in [0.05, 0.1) is 18.5 Å². The molecule has 3 aromatic rings. The van der Waals surface area contributed by atoms with Crippen LogP contribution in [0.2, 0.25) is 0 Å². The maximum Gasteiger partial charge on any atom is 0.240 e. The van der Waals surface area contributed by atoms with Crippen molar-refractivity contribution in [2.75, 3.05) is 7.11 Å². The van der Waals surface area contributed by atoms with Gasteiger partial charge in [-0.3, -0.25) is 0 Å². The van der Waals surface area contributed by atoms with E-state index in [1.807, 2.05) is 30.3 Å². The lowest BCUT2D eigenvalue weighted by atomic mass is 10.1. The zero-order valence-corrected chi connectivity index (χ0v) is 13.2. The minimum Gasteiger partial charge on any atom is -0.480 e. The maximum absolute atomic E-state index is 11.9. The Kier molecular flexibility index (Phi) is 3.89. The van der Waals surface area contributed by atoms with E-state index in [-0.39, 0.29) is 4.90 Å². The van der Waals surface area contributed by atoms with E-state index in [1.54, 1.807) is 24.3 Å². The summed E-state index contributed by atoms with van der Waals surface area (Å²) in [4.78, 5) is 0.00272. The Balaban J connectivity index is 2.28. The molecule has 0 unspecified atom stereocenters. The van der Waals surface area contributed by atoms with Crippen molar-refractivity contribution in [2.24, 2.45) is 5.14 Å². The minimum atomic E-state index is -3.88. The zero-order chi connectivity index (χ0) is 16.4. The van der Waals surface area contributed by atoms with E-state index in [1.165, 1.54) is 17.9 Å². The summed E-state index contributed by atoms with van der Waals surface area (Å²) in [6, 6.07) is 17.7. The zero-order valence-electron chi connectivity index (χ0n) is 12.4. The molecule has 0 amide bonds. The highest BCUT2D eigenvalue weighted by Gasteiger charge is 2.19. The van der Waals surface area contributed by atoms with E-state index in [0.29, 0.717) is 17.3 Å². The Labute approximate surface area is 134 Å². The Morgan fingerprint density at radius 1 is 1.04 bits per heavy atom. The van der Waals surface area contributed by atoms with Gasteiger partial charge in [-0.1, -0.05) is 42.5 Å². The largest absolute Gasteiger partial charge is 0.480 e. The van der Waals surface area contributed by atoms with Crippen LogP contribution in [0.25, 0.3) is 16.9 Å². The van der Waals surface area contributed by atoms with Crippen LogP contribution in [0, 0.1) is 0 Å². The SMILES string of the molecule is COc1cc(-c2ccccc2)n(-c2ccccc2S(N)(=O)=O)n1. The molecule has 0 bridgehead atoms. The molecule has 7 heteroatoms. The van der Waals surface area contributed by atoms with Crippen molar-refractivity contribution in [2.45, 2.75) is 4.90 Å². The first kappa shape index (κ1) is 15.3. The fourth-order valence-corrected chi connectivity index (χ4v) is 3.04. The number of hydrogen-bond acceptors (Lipinski definition) is 4. The summed E-state index contributed by atoms with van der Waals surface area (Å²) in [7, 11) is -2.37. The lowest BCUT2D eigenvalue weighted by Gasteiger charge is -2.11. The quantitative estimate of drug-likeness (QED) is 0.795. The average Bonchev–Trinajstić information content (AvgIpc) is 2.99. The van der Waals surface area contributed by atoms with Crippen LogP contribution in [0.15, 0.2) is 65.6 Å². The van der Waals surface area contributed by atoms with Crippen molar-refractivity contribution in [3.63, 3.8) is 0 Å². The second kappa shape index (κ2) is 5.86. The van der Waals surface area contributed by atoms with Crippen LogP contribution in [0.5, 0.6) is 5.88 Å². The normalized spacial score (nSPS) is 11.4. The van der Waals surface area contributed by atoms with E-state index in [4.69, 9.17) is 9.88 Å². The van der Waals surface area contributed by atoms with Gasteiger partial charge in [0, 0.05) is 11.6 Å². The Bertz CT molecular complexity index is 934. The molecule has 3 rings (SSSR count). The summed E-state index contributed by atoms with van der Waals surface area (Å²) in [5.74, 6) is 0.382. The molecule has 0 aliphatic carbocycles. The fourth-order valence-electron chi connectivity index (χ4n) is 2.33. The first-order valence-electron chi connectivity index (χ1n) is 6.82. The minimum absolute atomic E-state index is 0.00272. The number of hydrogen-bond donors (Lipinski definition) is 1. The van der Waals surface area contributed by atoms with Crippen molar-refractivity contribution in [1.29, 1.82) is 0 Å². The number of ether oxygens (including phenoxy) is 1. The van der Waals surface area contributed by atoms with Crippen molar-refractivity contribution in [3.05, 3.63) is 60.7 Å². The lowest BCUT2D eigenvalue weighted by Crippen LogP contribution is -2.16. The molecule has 2 aromatic carbocycles. The van der Waals surface area contributed by atoms with Crippen LogP contribution in [-0.2, 0) is 10.0 Å². The van der Waals surface area contributed by atoms with Crippen molar-refractivity contribution in [3.8, 4) is 22.8 Å². The highest BCUT2D eigenvalue weighted by atomic mass is 32.2. The summed E-state index contributed by atoms with van der Waals surface area (Å²) in [6.07, 6.45) is 0. The summed E-state index contributed by atoms with van der Waals surface area (Å²) in [5.41, 5.74) is 1.96. The third-order valence-corrected chi connectivity index (χ3v) is 4.32. The van der Waals surface area contributed by atoms with Gasteiger partial charge in [0.1, 0.15) is 4.90 Å². The first-order chi connectivity index (χ1) is 11.0. The molecule has 0 fully saturated rings. The van der Waals surface area contributed by atoms with Gasteiger partial charge in [-0.2, -0.15) is 0 Å². The van der Waals surface area contributed by atoms with Crippen LogP contribution in [0.4, 0.5) is 0 Å². The topological polar surface area (TPSA) is 87.2 Å². The third kappa shape index (κ3) is 2.96. The number of benzene rings is 2. The Morgan fingerprint density at radius 3 is 2.35 bits per heavy atom. The molecule has 0 spiro atoms. The molecule has 6 nitrogen and oxygen atoms in total. The number of sulfonamides is 1. The lowest BCUT2D eigenvalue weighted by molar-refractivity contribution is 0.394. The van der Waals surface area contributed by atoms with Crippen LogP contribution in [-0.4, -0.2) is 25.3 Å². The van der Waals surface area contributed by atoms with Crippen molar-refractivity contribution in [1.82, 2.24) is 9.78 Å². The second-order valence-corrected chi connectivity index (χ2v) is 6.39. The molecule has 0 saturated heterocycles. The predicted molar refractivity (Wildman–Crippen MR) is 86.9 cm³/mol. The molecule has 1 heterocycles. The van der Waals surface area contributed by atoms with Gasteiger partial charge >= 0.3 is 0 Å². The number of primary sulfonamides is 1. The second-order valence-electron chi connectivity index (χ2n) is 4.86. The number of methoxy groups -OCH3 is 1. The van der Waals surface area contributed by atoms with Crippen molar-refractivity contribution < 1.29 is 13.2 Å². The fraction of sp³-hybridized carbons (Fsp3) is 0.0625. The van der Waals surface area contributed by atoms with Gasteiger partial charge in [0.15, 0.2) is 0 Å². The molecule has 23 heavy (non-hydrogen) atoms. The highest BCUT2D eigenvalue weighted by Crippen LogP contribution is 2.29. The molecule has 0 aliphatic heterocycles. The van der Waals surface area contributed by atoms with E-state index in [2.05, 4.69) is 5.10 Å². The van der Waals surface area contributed by atoms with E-state index < -0.39 is 10.0 Å². The van der Waals surface area contributed by atoms with Crippen LogP contribution < -0.4 is 9.88 Å². The van der Waals surface area contributed by atoms with Crippen LogP contribution in [0.1, 0.15) is 0 Å². The average molecular weight is 329 g/mol. The van der Waals surface area contributed by atoms with E-state index >= 15 is 0 Å².